The average molecular weight is 366 g/mol. The summed E-state index contributed by atoms with van der Waals surface area (Å²) in [6.45, 7) is 1.30. The van der Waals surface area contributed by atoms with Crippen molar-refractivity contribution in [2.75, 3.05) is 27.4 Å². The van der Waals surface area contributed by atoms with E-state index in [0.717, 1.165) is 34.3 Å². The molecule has 1 heterocycles. The first-order valence-electron chi connectivity index (χ1n) is 9.22. The lowest BCUT2D eigenvalue weighted by Crippen LogP contribution is -2.25. The summed E-state index contributed by atoms with van der Waals surface area (Å²) in [4.78, 5) is 15.7. The number of rotatable bonds is 9. The van der Waals surface area contributed by atoms with Gasteiger partial charge in [0.2, 0.25) is 5.91 Å². The lowest BCUT2D eigenvalue weighted by atomic mass is 10.0. The smallest absolute Gasteiger partial charge is 0.220 e. The molecule has 0 unspecified atom stereocenters. The van der Waals surface area contributed by atoms with Crippen molar-refractivity contribution in [1.29, 1.82) is 0 Å². The highest BCUT2D eigenvalue weighted by atomic mass is 16.5. The molecule has 3 rings (SSSR count). The molecule has 0 saturated carbocycles. The monoisotopic (exact) mass is 366 g/mol. The van der Waals surface area contributed by atoms with Crippen LogP contribution in [0.25, 0.3) is 22.2 Å². The van der Waals surface area contributed by atoms with Crippen LogP contribution in [0, 0.1) is 0 Å². The predicted octanol–water partition coefficient (Wildman–Crippen LogP) is 3.93. The van der Waals surface area contributed by atoms with Gasteiger partial charge in [0.25, 0.3) is 0 Å². The van der Waals surface area contributed by atoms with E-state index in [1.54, 1.807) is 14.2 Å². The van der Waals surface area contributed by atoms with Crippen molar-refractivity contribution in [3.63, 3.8) is 0 Å². The summed E-state index contributed by atoms with van der Waals surface area (Å²) >= 11 is 0. The zero-order valence-corrected chi connectivity index (χ0v) is 15.9. The van der Waals surface area contributed by atoms with E-state index < -0.39 is 0 Å². The maximum atomic E-state index is 12.2. The van der Waals surface area contributed by atoms with E-state index in [-0.39, 0.29) is 5.91 Å². The van der Waals surface area contributed by atoms with Crippen LogP contribution in [0.1, 0.15) is 18.4 Å². The number of nitrogens with one attached hydrogen (secondary N) is 2. The van der Waals surface area contributed by atoms with E-state index in [2.05, 4.69) is 22.4 Å². The quantitative estimate of drug-likeness (QED) is 0.564. The van der Waals surface area contributed by atoms with Crippen LogP contribution in [0.4, 0.5) is 0 Å². The predicted molar refractivity (Wildman–Crippen MR) is 108 cm³/mol. The Hall–Kier alpha value is -2.79. The first-order chi connectivity index (χ1) is 13.2. The van der Waals surface area contributed by atoms with Crippen molar-refractivity contribution < 1.29 is 14.3 Å². The molecule has 0 saturated heterocycles. The molecule has 5 heteroatoms. The summed E-state index contributed by atoms with van der Waals surface area (Å²) in [5.41, 5.74) is 4.40. The molecule has 0 bridgehead atoms. The fourth-order valence-corrected chi connectivity index (χ4v) is 3.24. The molecule has 0 atom stereocenters. The Bertz CT molecular complexity index is 884. The van der Waals surface area contributed by atoms with Crippen LogP contribution < -0.4 is 10.1 Å². The summed E-state index contributed by atoms with van der Waals surface area (Å²) < 4.78 is 10.3. The number of fused-ring (bicyclic) bond motifs is 1. The molecule has 3 aromatic rings. The van der Waals surface area contributed by atoms with Crippen LogP contribution >= 0.6 is 0 Å². The Balaban J connectivity index is 1.79. The fourth-order valence-electron chi connectivity index (χ4n) is 3.24. The lowest BCUT2D eigenvalue weighted by molar-refractivity contribution is -0.121. The molecule has 0 aliphatic carbocycles. The Morgan fingerprint density at radius 3 is 2.59 bits per heavy atom. The molecule has 142 valence electrons. The Kier molecular flexibility index (Phi) is 6.49. The number of ether oxygens (including phenoxy) is 2. The largest absolute Gasteiger partial charge is 0.497 e. The highest BCUT2D eigenvalue weighted by molar-refractivity contribution is 5.91. The summed E-state index contributed by atoms with van der Waals surface area (Å²) in [6.07, 6.45) is 1.96. The Morgan fingerprint density at radius 2 is 1.85 bits per heavy atom. The molecule has 2 N–H and O–H groups in total. The molecule has 0 aliphatic heterocycles. The first kappa shape index (κ1) is 19.0. The number of carbonyl (C=O) groups is 1. The van der Waals surface area contributed by atoms with Crippen LogP contribution in [-0.4, -0.2) is 38.3 Å². The number of hydrogen-bond acceptors (Lipinski definition) is 3. The standard InChI is InChI=1S/C22H26N2O3/c1-26-15-5-14-23-21(25)13-12-19-18-6-3-4-7-20(18)24-22(19)16-8-10-17(27-2)11-9-16/h3-4,6-11,24H,5,12-15H2,1-2H3,(H,23,25). The number of para-hydroxylation sites is 1. The molecule has 2 aromatic carbocycles. The number of methoxy groups -OCH3 is 2. The molecule has 0 radical (unpaired) electrons. The van der Waals surface area contributed by atoms with Crippen molar-refractivity contribution >= 4 is 16.8 Å². The van der Waals surface area contributed by atoms with E-state index in [1.807, 2.05) is 36.4 Å². The van der Waals surface area contributed by atoms with E-state index in [4.69, 9.17) is 9.47 Å². The van der Waals surface area contributed by atoms with Crippen LogP contribution in [0.2, 0.25) is 0 Å². The summed E-state index contributed by atoms with van der Waals surface area (Å²) in [6, 6.07) is 16.2. The number of aromatic amines is 1. The third-order valence-corrected chi connectivity index (χ3v) is 4.64. The van der Waals surface area contributed by atoms with Gasteiger partial charge in [-0.15, -0.1) is 0 Å². The third-order valence-electron chi connectivity index (χ3n) is 4.64. The van der Waals surface area contributed by atoms with Crippen molar-refractivity contribution in [2.24, 2.45) is 0 Å². The van der Waals surface area contributed by atoms with E-state index in [1.165, 1.54) is 5.56 Å². The zero-order valence-electron chi connectivity index (χ0n) is 15.9. The second kappa shape index (κ2) is 9.24. The number of carbonyl (C=O) groups excluding carboxylic acids is 1. The van der Waals surface area contributed by atoms with Crippen LogP contribution in [-0.2, 0) is 16.0 Å². The average Bonchev–Trinajstić information content (AvgIpc) is 3.08. The van der Waals surface area contributed by atoms with Gasteiger partial charge in [-0.05, 0) is 54.3 Å². The number of hydrogen-bond donors (Lipinski definition) is 2. The molecule has 1 aromatic heterocycles. The van der Waals surface area contributed by atoms with Crippen molar-refractivity contribution in [3.8, 4) is 17.0 Å². The molecule has 0 spiro atoms. The SMILES string of the molecule is COCCCNC(=O)CCc1c(-c2ccc(OC)cc2)[nH]c2ccccc12. The highest BCUT2D eigenvalue weighted by Gasteiger charge is 2.14. The topological polar surface area (TPSA) is 63.4 Å². The number of benzene rings is 2. The first-order valence-corrected chi connectivity index (χ1v) is 9.22. The normalized spacial score (nSPS) is 10.9. The molecule has 0 aliphatic rings. The van der Waals surface area contributed by atoms with Gasteiger partial charge in [-0.3, -0.25) is 4.79 Å². The van der Waals surface area contributed by atoms with Crippen LogP contribution in [0.5, 0.6) is 5.75 Å². The molecule has 5 nitrogen and oxygen atoms in total. The minimum Gasteiger partial charge on any atom is -0.497 e. The minimum atomic E-state index is 0.0667. The van der Waals surface area contributed by atoms with Gasteiger partial charge in [0.15, 0.2) is 0 Å². The maximum Gasteiger partial charge on any atom is 0.220 e. The fraction of sp³-hybridized carbons (Fsp3) is 0.318. The third kappa shape index (κ3) is 4.68. The Labute approximate surface area is 159 Å². The van der Waals surface area contributed by atoms with Gasteiger partial charge in [-0.25, -0.2) is 0 Å². The van der Waals surface area contributed by atoms with E-state index >= 15 is 0 Å². The Morgan fingerprint density at radius 1 is 1.07 bits per heavy atom. The van der Waals surface area contributed by atoms with Gasteiger partial charge in [-0.2, -0.15) is 0 Å². The zero-order chi connectivity index (χ0) is 19.1. The summed E-state index contributed by atoms with van der Waals surface area (Å²) in [5.74, 6) is 0.893. The number of aryl methyl sites for hydroxylation is 1. The second-order valence-corrected chi connectivity index (χ2v) is 6.45. The van der Waals surface area contributed by atoms with Crippen LogP contribution in [0.15, 0.2) is 48.5 Å². The molecular weight excluding hydrogens is 340 g/mol. The summed E-state index contributed by atoms with van der Waals surface area (Å²) in [7, 11) is 3.33. The van der Waals surface area contributed by atoms with Gasteiger partial charge in [0.1, 0.15) is 5.75 Å². The highest BCUT2D eigenvalue weighted by Crippen LogP contribution is 2.32. The minimum absolute atomic E-state index is 0.0667. The van der Waals surface area contributed by atoms with Crippen molar-refractivity contribution in [2.45, 2.75) is 19.3 Å². The van der Waals surface area contributed by atoms with Gasteiger partial charge in [0, 0.05) is 43.3 Å². The second-order valence-electron chi connectivity index (χ2n) is 6.45. The number of H-pyrrole nitrogens is 1. The molecule has 0 fully saturated rings. The van der Waals surface area contributed by atoms with Gasteiger partial charge in [-0.1, -0.05) is 18.2 Å². The van der Waals surface area contributed by atoms with Gasteiger partial charge >= 0.3 is 0 Å². The summed E-state index contributed by atoms with van der Waals surface area (Å²) in [5, 5.41) is 4.12. The molecule has 27 heavy (non-hydrogen) atoms. The lowest BCUT2D eigenvalue weighted by Gasteiger charge is -2.08. The molecular formula is C22H26N2O3. The van der Waals surface area contributed by atoms with E-state index in [0.29, 0.717) is 26.0 Å². The maximum absolute atomic E-state index is 12.2. The van der Waals surface area contributed by atoms with E-state index in [9.17, 15) is 4.79 Å². The van der Waals surface area contributed by atoms with Gasteiger partial charge < -0.3 is 19.8 Å². The van der Waals surface area contributed by atoms with Gasteiger partial charge in [0.05, 0.1) is 7.11 Å². The van der Waals surface area contributed by atoms with Crippen molar-refractivity contribution in [1.82, 2.24) is 10.3 Å². The number of amides is 1. The van der Waals surface area contributed by atoms with Crippen molar-refractivity contribution in [3.05, 3.63) is 54.1 Å². The molecule has 1 amide bonds. The van der Waals surface area contributed by atoms with Crippen LogP contribution in [0.3, 0.4) is 0 Å². The number of aromatic nitrogens is 1.